The first-order valence-corrected chi connectivity index (χ1v) is 5.79. The molecule has 1 aromatic rings. The number of nitrogens with zero attached hydrogens (tertiary/aromatic N) is 1. The van der Waals surface area contributed by atoms with E-state index in [0.717, 1.165) is 30.5 Å². The maximum absolute atomic E-state index is 13.2. The third kappa shape index (κ3) is 1.17. The van der Waals surface area contributed by atoms with Crippen LogP contribution in [-0.4, -0.2) is 23.5 Å². The predicted octanol–water partition coefficient (Wildman–Crippen LogP) is 2.41. The summed E-state index contributed by atoms with van der Waals surface area (Å²) in [5, 5.41) is 0.420. The largest absolute Gasteiger partial charge is 0.457 e. The lowest BCUT2D eigenvalue weighted by molar-refractivity contribution is -0.0457. The Labute approximate surface area is 99.0 Å². The minimum absolute atomic E-state index is 0.262. The summed E-state index contributed by atoms with van der Waals surface area (Å²) in [5.74, 6) is -0.262. The summed E-state index contributed by atoms with van der Waals surface area (Å²) in [6.07, 6.45) is 2.00. The molecule has 1 spiro atoms. The molecule has 2 nitrogen and oxygen atoms in total. The lowest BCUT2D eigenvalue weighted by Gasteiger charge is -2.31. The Balaban J connectivity index is 2.19. The Morgan fingerprint density at radius 2 is 2.31 bits per heavy atom. The van der Waals surface area contributed by atoms with Gasteiger partial charge in [0.25, 0.3) is 0 Å². The molecule has 0 radical (unpaired) electrons. The molecule has 0 aliphatic carbocycles. The van der Waals surface area contributed by atoms with E-state index >= 15 is 0 Å². The van der Waals surface area contributed by atoms with E-state index in [2.05, 4.69) is 4.90 Å². The maximum Gasteiger partial charge on any atom is 0.194 e. The molecule has 2 aliphatic rings. The van der Waals surface area contributed by atoms with E-state index < -0.39 is 5.72 Å². The van der Waals surface area contributed by atoms with Crippen molar-refractivity contribution in [2.45, 2.75) is 18.6 Å². The first-order chi connectivity index (χ1) is 7.63. The van der Waals surface area contributed by atoms with Gasteiger partial charge in [0.2, 0.25) is 0 Å². The molecule has 0 bridgehead atoms. The molecule has 2 heterocycles. The van der Waals surface area contributed by atoms with E-state index in [1.54, 1.807) is 6.07 Å². The zero-order valence-corrected chi connectivity index (χ0v) is 9.81. The molecule has 2 aliphatic heterocycles. The number of thiocarbonyl (C=S) groups is 1. The number of likely N-dealkylation sites (tertiary alicyclic amines) is 1. The number of halogens is 1. The highest BCUT2D eigenvalue weighted by atomic mass is 32.1. The van der Waals surface area contributed by atoms with Crippen molar-refractivity contribution < 1.29 is 9.13 Å². The number of rotatable bonds is 0. The molecule has 0 saturated carbocycles. The molecule has 84 valence electrons. The Kier molecular flexibility index (Phi) is 2.06. The number of fused-ring (bicyclic) bond motifs is 2. The minimum Gasteiger partial charge on any atom is -0.457 e. The SMILES string of the molecule is CN1CCCC12OC(=S)c1cc(F)ccc12. The fourth-order valence-electron chi connectivity index (χ4n) is 2.69. The fraction of sp³-hybridized carbons (Fsp3) is 0.417. The number of hydrogen-bond donors (Lipinski definition) is 0. The number of benzene rings is 1. The summed E-state index contributed by atoms with van der Waals surface area (Å²) in [5.41, 5.74) is 1.32. The summed E-state index contributed by atoms with van der Waals surface area (Å²) in [4.78, 5) is 2.16. The third-order valence-corrected chi connectivity index (χ3v) is 3.81. The summed E-state index contributed by atoms with van der Waals surface area (Å²) in [7, 11) is 2.02. The van der Waals surface area contributed by atoms with Gasteiger partial charge in [-0.25, -0.2) is 4.39 Å². The Hall–Kier alpha value is -1.00. The quantitative estimate of drug-likeness (QED) is 0.643. The Morgan fingerprint density at radius 3 is 3.00 bits per heavy atom. The van der Waals surface area contributed by atoms with Crippen LogP contribution in [0.25, 0.3) is 0 Å². The normalized spacial score (nSPS) is 28.5. The van der Waals surface area contributed by atoms with Crippen molar-refractivity contribution in [3.63, 3.8) is 0 Å². The second-order valence-electron chi connectivity index (χ2n) is 4.39. The predicted molar refractivity (Wildman–Crippen MR) is 62.7 cm³/mol. The van der Waals surface area contributed by atoms with Crippen LogP contribution in [0.3, 0.4) is 0 Å². The highest BCUT2D eigenvalue weighted by Gasteiger charge is 2.49. The standard InChI is InChI=1S/C12H12FNOS/c1-14-6-2-5-12(14)10-4-3-8(13)7-9(10)11(16)15-12/h3-4,7H,2,5-6H2,1H3. The van der Waals surface area contributed by atoms with E-state index in [9.17, 15) is 4.39 Å². The van der Waals surface area contributed by atoms with E-state index in [1.807, 2.05) is 7.05 Å². The smallest absolute Gasteiger partial charge is 0.194 e. The van der Waals surface area contributed by atoms with Gasteiger partial charge in [-0.05, 0) is 43.9 Å². The molecule has 4 heteroatoms. The molecule has 0 N–H and O–H groups in total. The van der Waals surface area contributed by atoms with Crippen LogP contribution in [0.5, 0.6) is 0 Å². The lowest BCUT2D eigenvalue weighted by atomic mass is 9.98. The summed E-state index contributed by atoms with van der Waals surface area (Å²) < 4.78 is 19.0. The summed E-state index contributed by atoms with van der Waals surface area (Å²) in [6.45, 7) is 0.986. The van der Waals surface area contributed by atoms with Gasteiger partial charge < -0.3 is 4.74 Å². The molecular formula is C12H12FNOS. The van der Waals surface area contributed by atoms with Gasteiger partial charge in [-0.3, -0.25) is 4.90 Å². The van der Waals surface area contributed by atoms with E-state index in [4.69, 9.17) is 17.0 Å². The van der Waals surface area contributed by atoms with Crippen molar-refractivity contribution in [3.05, 3.63) is 35.1 Å². The minimum atomic E-state index is -0.430. The first kappa shape index (κ1) is 10.2. The van der Waals surface area contributed by atoms with Gasteiger partial charge in [0.1, 0.15) is 5.82 Å². The van der Waals surface area contributed by atoms with Crippen molar-refractivity contribution in [2.24, 2.45) is 0 Å². The Bertz CT molecular complexity index is 476. The lowest BCUT2D eigenvalue weighted by Crippen LogP contribution is -2.38. The van der Waals surface area contributed by atoms with E-state index in [0.29, 0.717) is 5.05 Å². The van der Waals surface area contributed by atoms with Gasteiger partial charge in [-0.1, -0.05) is 0 Å². The molecule has 0 amide bonds. The molecule has 1 atom stereocenters. The molecule has 0 aromatic heterocycles. The molecule has 3 rings (SSSR count). The monoisotopic (exact) mass is 237 g/mol. The van der Waals surface area contributed by atoms with Gasteiger partial charge in [0.05, 0.1) is 0 Å². The van der Waals surface area contributed by atoms with Crippen LogP contribution in [0.15, 0.2) is 18.2 Å². The maximum atomic E-state index is 13.2. The van der Waals surface area contributed by atoms with Crippen molar-refractivity contribution in [1.29, 1.82) is 0 Å². The van der Waals surface area contributed by atoms with Crippen LogP contribution in [0.4, 0.5) is 4.39 Å². The summed E-state index contributed by atoms with van der Waals surface area (Å²) >= 11 is 5.18. The molecule has 16 heavy (non-hydrogen) atoms. The van der Waals surface area contributed by atoms with Crippen molar-refractivity contribution in [1.82, 2.24) is 4.90 Å². The van der Waals surface area contributed by atoms with E-state index in [1.165, 1.54) is 12.1 Å². The van der Waals surface area contributed by atoms with Crippen LogP contribution in [0, 0.1) is 5.82 Å². The zero-order chi connectivity index (χ0) is 11.3. The Morgan fingerprint density at radius 1 is 1.50 bits per heavy atom. The highest BCUT2D eigenvalue weighted by molar-refractivity contribution is 7.80. The average Bonchev–Trinajstić information content (AvgIpc) is 2.73. The van der Waals surface area contributed by atoms with Crippen LogP contribution in [-0.2, 0) is 10.5 Å². The van der Waals surface area contributed by atoms with Gasteiger partial charge in [-0.15, -0.1) is 0 Å². The second-order valence-corrected chi connectivity index (χ2v) is 4.76. The van der Waals surface area contributed by atoms with Crippen LogP contribution >= 0.6 is 12.2 Å². The third-order valence-electron chi connectivity index (χ3n) is 3.51. The van der Waals surface area contributed by atoms with Gasteiger partial charge in [0.15, 0.2) is 10.8 Å². The molecule has 1 saturated heterocycles. The molecule has 1 aromatic carbocycles. The fourth-order valence-corrected chi connectivity index (χ4v) is 2.99. The second kappa shape index (κ2) is 3.25. The summed E-state index contributed by atoms with van der Waals surface area (Å²) in [6, 6.07) is 4.74. The van der Waals surface area contributed by atoms with Gasteiger partial charge >= 0.3 is 0 Å². The van der Waals surface area contributed by atoms with Gasteiger partial charge in [-0.2, -0.15) is 0 Å². The number of hydrogen-bond acceptors (Lipinski definition) is 3. The van der Waals surface area contributed by atoms with Crippen molar-refractivity contribution in [2.75, 3.05) is 13.6 Å². The van der Waals surface area contributed by atoms with Crippen molar-refractivity contribution in [3.8, 4) is 0 Å². The highest BCUT2D eigenvalue weighted by Crippen LogP contribution is 2.45. The van der Waals surface area contributed by atoms with Gasteiger partial charge in [0, 0.05) is 24.1 Å². The first-order valence-electron chi connectivity index (χ1n) is 5.38. The molecular weight excluding hydrogens is 225 g/mol. The topological polar surface area (TPSA) is 12.5 Å². The molecule has 1 unspecified atom stereocenters. The zero-order valence-electron chi connectivity index (χ0n) is 9.00. The van der Waals surface area contributed by atoms with Crippen molar-refractivity contribution >= 4 is 17.3 Å². The van der Waals surface area contributed by atoms with Crippen LogP contribution in [0.2, 0.25) is 0 Å². The molecule has 1 fully saturated rings. The van der Waals surface area contributed by atoms with E-state index in [-0.39, 0.29) is 5.82 Å². The average molecular weight is 237 g/mol. The van der Waals surface area contributed by atoms with Crippen LogP contribution in [0.1, 0.15) is 24.0 Å². The van der Waals surface area contributed by atoms with Crippen LogP contribution < -0.4 is 0 Å². The number of ether oxygens (including phenoxy) is 1.